The molecule has 0 bridgehead atoms. The third kappa shape index (κ3) is 3.62. The average Bonchev–Trinajstić information content (AvgIpc) is 2.90. The van der Waals surface area contributed by atoms with E-state index in [1.807, 2.05) is 24.3 Å². The SMILES string of the molecule is CN(CCCOc1ccccc1N)C1CCOC1. The number of nitrogens with zero attached hydrogens (tertiary/aromatic N) is 1. The highest BCUT2D eigenvalue weighted by Crippen LogP contribution is 2.19. The summed E-state index contributed by atoms with van der Waals surface area (Å²) < 4.78 is 11.0. The summed E-state index contributed by atoms with van der Waals surface area (Å²) in [5.41, 5.74) is 6.51. The molecule has 1 fully saturated rings. The van der Waals surface area contributed by atoms with Gasteiger partial charge in [-0.15, -0.1) is 0 Å². The van der Waals surface area contributed by atoms with E-state index < -0.39 is 0 Å². The minimum Gasteiger partial charge on any atom is -0.491 e. The maximum absolute atomic E-state index is 5.81. The molecule has 4 nitrogen and oxygen atoms in total. The molecule has 4 heteroatoms. The van der Waals surface area contributed by atoms with Crippen molar-refractivity contribution in [2.45, 2.75) is 18.9 Å². The van der Waals surface area contributed by atoms with Crippen LogP contribution in [0.2, 0.25) is 0 Å². The number of ether oxygens (including phenoxy) is 2. The maximum Gasteiger partial charge on any atom is 0.142 e. The van der Waals surface area contributed by atoms with Gasteiger partial charge in [-0.05, 0) is 32.0 Å². The van der Waals surface area contributed by atoms with Gasteiger partial charge < -0.3 is 20.1 Å². The Kier molecular flexibility index (Phi) is 4.84. The van der Waals surface area contributed by atoms with E-state index in [0.717, 1.165) is 38.3 Å². The second kappa shape index (κ2) is 6.61. The molecule has 0 amide bonds. The van der Waals surface area contributed by atoms with Gasteiger partial charge in [-0.2, -0.15) is 0 Å². The average molecular weight is 250 g/mol. The molecule has 100 valence electrons. The monoisotopic (exact) mass is 250 g/mol. The number of rotatable bonds is 6. The van der Waals surface area contributed by atoms with Gasteiger partial charge in [0.25, 0.3) is 0 Å². The number of nitrogen functional groups attached to an aromatic ring is 1. The number of hydrogen-bond acceptors (Lipinski definition) is 4. The Morgan fingerprint density at radius 2 is 2.28 bits per heavy atom. The van der Waals surface area contributed by atoms with Crippen LogP contribution in [0, 0.1) is 0 Å². The van der Waals surface area contributed by atoms with E-state index in [-0.39, 0.29) is 0 Å². The first kappa shape index (κ1) is 13.2. The van der Waals surface area contributed by atoms with Gasteiger partial charge in [0.1, 0.15) is 5.75 Å². The lowest BCUT2D eigenvalue weighted by Crippen LogP contribution is -2.33. The lowest BCUT2D eigenvalue weighted by Gasteiger charge is -2.22. The molecule has 1 heterocycles. The molecule has 1 unspecified atom stereocenters. The molecule has 1 aromatic rings. The number of hydrogen-bond donors (Lipinski definition) is 1. The van der Waals surface area contributed by atoms with Crippen molar-refractivity contribution in [2.24, 2.45) is 0 Å². The molecule has 1 saturated heterocycles. The standard InChI is InChI=1S/C14H22N2O2/c1-16(12-7-10-17-11-12)8-4-9-18-14-6-3-2-5-13(14)15/h2-3,5-6,12H,4,7-11,15H2,1H3. The minimum absolute atomic E-state index is 0.576. The maximum atomic E-state index is 5.81. The Hall–Kier alpha value is -1.26. The lowest BCUT2D eigenvalue weighted by molar-refractivity contribution is 0.154. The molecular weight excluding hydrogens is 228 g/mol. The first-order valence-electron chi connectivity index (χ1n) is 6.52. The number of benzene rings is 1. The summed E-state index contributed by atoms with van der Waals surface area (Å²) in [6.45, 7) is 3.49. The highest BCUT2D eigenvalue weighted by Gasteiger charge is 2.19. The highest BCUT2D eigenvalue weighted by atomic mass is 16.5. The third-order valence-corrected chi connectivity index (χ3v) is 3.36. The Labute approximate surface area is 109 Å². The summed E-state index contributed by atoms with van der Waals surface area (Å²) in [6.07, 6.45) is 2.14. The van der Waals surface area contributed by atoms with Gasteiger partial charge in [0, 0.05) is 19.2 Å². The Balaban J connectivity index is 1.65. The first-order chi connectivity index (χ1) is 8.77. The summed E-state index contributed by atoms with van der Waals surface area (Å²) in [5, 5.41) is 0. The zero-order valence-electron chi connectivity index (χ0n) is 11.0. The van der Waals surface area contributed by atoms with Crippen LogP contribution in [-0.2, 0) is 4.74 Å². The molecule has 1 aliphatic rings. The van der Waals surface area contributed by atoms with Gasteiger partial charge in [0.15, 0.2) is 0 Å². The summed E-state index contributed by atoms with van der Waals surface area (Å²) in [4.78, 5) is 2.35. The topological polar surface area (TPSA) is 47.7 Å². The van der Waals surface area contributed by atoms with Crippen LogP contribution in [0.1, 0.15) is 12.8 Å². The summed E-state index contributed by atoms with van der Waals surface area (Å²) >= 11 is 0. The van der Waals surface area contributed by atoms with E-state index in [1.54, 1.807) is 0 Å². The first-order valence-corrected chi connectivity index (χ1v) is 6.52. The van der Waals surface area contributed by atoms with Gasteiger partial charge >= 0.3 is 0 Å². The molecule has 0 aliphatic carbocycles. The fourth-order valence-electron chi connectivity index (χ4n) is 2.16. The summed E-state index contributed by atoms with van der Waals surface area (Å²) in [7, 11) is 2.15. The van der Waals surface area contributed by atoms with Crippen molar-refractivity contribution < 1.29 is 9.47 Å². The predicted molar refractivity (Wildman–Crippen MR) is 72.8 cm³/mol. The summed E-state index contributed by atoms with van der Waals surface area (Å²) in [5.74, 6) is 0.782. The summed E-state index contributed by atoms with van der Waals surface area (Å²) in [6, 6.07) is 8.19. The van der Waals surface area contributed by atoms with Crippen LogP contribution in [0.25, 0.3) is 0 Å². The number of nitrogens with two attached hydrogens (primary N) is 1. The molecule has 1 aromatic carbocycles. The predicted octanol–water partition coefficient (Wildman–Crippen LogP) is 1.76. The van der Waals surface area contributed by atoms with Crippen molar-refractivity contribution in [3.05, 3.63) is 24.3 Å². The van der Waals surface area contributed by atoms with Crippen molar-refractivity contribution in [1.29, 1.82) is 0 Å². The van der Waals surface area contributed by atoms with Gasteiger partial charge in [0.05, 0.1) is 18.9 Å². The van der Waals surface area contributed by atoms with Gasteiger partial charge in [-0.1, -0.05) is 12.1 Å². The molecule has 18 heavy (non-hydrogen) atoms. The zero-order chi connectivity index (χ0) is 12.8. The fourth-order valence-corrected chi connectivity index (χ4v) is 2.16. The van der Waals surface area contributed by atoms with E-state index in [4.69, 9.17) is 15.2 Å². The normalized spacial score (nSPS) is 19.3. The van der Waals surface area contributed by atoms with Crippen LogP contribution in [0.3, 0.4) is 0 Å². The van der Waals surface area contributed by atoms with Crippen molar-refractivity contribution in [3.8, 4) is 5.75 Å². The van der Waals surface area contributed by atoms with Gasteiger partial charge in [-0.25, -0.2) is 0 Å². The third-order valence-electron chi connectivity index (χ3n) is 3.36. The van der Waals surface area contributed by atoms with E-state index in [2.05, 4.69) is 11.9 Å². The van der Waals surface area contributed by atoms with E-state index in [9.17, 15) is 0 Å². The highest BCUT2D eigenvalue weighted by molar-refractivity contribution is 5.51. The molecule has 0 aromatic heterocycles. The van der Waals surface area contributed by atoms with E-state index in [0.29, 0.717) is 18.3 Å². The van der Waals surface area contributed by atoms with E-state index in [1.165, 1.54) is 0 Å². The van der Waals surface area contributed by atoms with Crippen molar-refractivity contribution in [2.75, 3.05) is 39.1 Å². The van der Waals surface area contributed by atoms with Crippen molar-refractivity contribution in [3.63, 3.8) is 0 Å². The largest absolute Gasteiger partial charge is 0.491 e. The van der Waals surface area contributed by atoms with E-state index >= 15 is 0 Å². The Bertz CT molecular complexity index is 365. The molecule has 0 radical (unpaired) electrons. The molecule has 1 atom stereocenters. The number of likely N-dealkylation sites (N-methyl/N-ethyl adjacent to an activating group) is 1. The fraction of sp³-hybridized carbons (Fsp3) is 0.571. The second-order valence-electron chi connectivity index (χ2n) is 4.74. The van der Waals surface area contributed by atoms with Gasteiger partial charge in [0.2, 0.25) is 0 Å². The molecule has 1 aliphatic heterocycles. The molecule has 0 saturated carbocycles. The van der Waals surface area contributed by atoms with Gasteiger partial charge in [-0.3, -0.25) is 0 Å². The van der Waals surface area contributed by atoms with Crippen LogP contribution in [0.5, 0.6) is 5.75 Å². The quantitative estimate of drug-likeness (QED) is 0.617. The molecule has 2 rings (SSSR count). The minimum atomic E-state index is 0.576. The second-order valence-corrected chi connectivity index (χ2v) is 4.74. The van der Waals surface area contributed by atoms with Crippen LogP contribution in [0.4, 0.5) is 5.69 Å². The van der Waals surface area contributed by atoms with Crippen molar-refractivity contribution >= 4 is 5.69 Å². The van der Waals surface area contributed by atoms with Crippen LogP contribution < -0.4 is 10.5 Å². The molecule has 2 N–H and O–H groups in total. The Morgan fingerprint density at radius 3 is 3.00 bits per heavy atom. The number of para-hydroxylation sites is 2. The van der Waals surface area contributed by atoms with Crippen LogP contribution in [-0.4, -0.2) is 44.4 Å². The zero-order valence-corrected chi connectivity index (χ0v) is 11.0. The Morgan fingerprint density at radius 1 is 1.44 bits per heavy atom. The number of anilines is 1. The lowest BCUT2D eigenvalue weighted by atomic mass is 10.2. The molecular formula is C14H22N2O2. The van der Waals surface area contributed by atoms with Crippen molar-refractivity contribution in [1.82, 2.24) is 4.90 Å². The smallest absolute Gasteiger partial charge is 0.142 e. The van der Waals surface area contributed by atoms with Crippen LogP contribution in [0.15, 0.2) is 24.3 Å². The van der Waals surface area contributed by atoms with Crippen LogP contribution >= 0.6 is 0 Å². The molecule has 0 spiro atoms.